The molecule has 0 bridgehead atoms. The predicted molar refractivity (Wildman–Crippen MR) is 65.9 cm³/mol. The average molecular weight is 204 g/mol. The van der Waals surface area contributed by atoms with Gasteiger partial charge in [0.2, 0.25) is 0 Å². The molecule has 2 heteroatoms. The van der Waals surface area contributed by atoms with Gasteiger partial charge in [0.25, 0.3) is 0 Å². The Labute approximate surface area is 92.5 Å². The Hall–Kier alpha value is -1.18. The van der Waals surface area contributed by atoms with Crippen molar-refractivity contribution in [3.8, 4) is 0 Å². The fraction of sp³-hybridized carbons (Fsp3) is 0.538. The van der Waals surface area contributed by atoms with Gasteiger partial charge >= 0.3 is 0 Å². The smallest absolute Gasteiger partial charge is 0.0840 e. The molecular formula is C13H20N2. The third-order valence-corrected chi connectivity index (χ3v) is 2.63. The lowest BCUT2D eigenvalue weighted by molar-refractivity contribution is 0.592. The van der Waals surface area contributed by atoms with Crippen molar-refractivity contribution in [1.29, 1.82) is 0 Å². The van der Waals surface area contributed by atoms with Gasteiger partial charge in [-0.15, -0.1) is 0 Å². The van der Waals surface area contributed by atoms with E-state index in [-0.39, 0.29) is 0 Å². The van der Waals surface area contributed by atoms with Crippen LogP contribution in [0.4, 0.5) is 5.69 Å². The minimum atomic E-state index is 0.715. The molecular weight excluding hydrogens is 184 g/mol. The van der Waals surface area contributed by atoms with Gasteiger partial charge in [-0.3, -0.25) is 9.98 Å². The second kappa shape index (κ2) is 5.64. The molecule has 1 aromatic heterocycles. The zero-order valence-corrected chi connectivity index (χ0v) is 10.1. The van der Waals surface area contributed by atoms with E-state index < -0.39 is 0 Å². The normalized spacial score (nSPS) is 13.3. The number of pyridine rings is 1. The van der Waals surface area contributed by atoms with E-state index in [4.69, 9.17) is 0 Å². The molecule has 0 aliphatic heterocycles. The van der Waals surface area contributed by atoms with Crippen LogP contribution in [0, 0.1) is 19.8 Å². The molecule has 0 spiro atoms. The Balaban J connectivity index is 2.67. The van der Waals surface area contributed by atoms with Gasteiger partial charge in [0.05, 0.1) is 11.4 Å². The van der Waals surface area contributed by atoms with Crippen LogP contribution < -0.4 is 0 Å². The van der Waals surface area contributed by atoms with Crippen LogP contribution in [0.25, 0.3) is 0 Å². The topological polar surface area (TPSA) is 25.2 Å². The van der Waals surface area contributed by atoms with Crippen molar-refractivity contribution < 1.29 is 0 Å². The number of rotatable bonds is 4. The maximum absolute atomic E-state index is 4.47. The summed E-state index contributed by atoms with van der Waals surface area (Å²) >= 11 is 0. The summed E-state index contributed by atoms with van der Waals surface area (Å²) in [4.78, 5) is 8.75. The van der Waals surface area contributed by atoms with E-state index in [0.29, 0.717) is 5.92 Å². The number of hydrogen-bond donors (Lipinski definition) is 0. The largest absolute Gasteiger partial charge is 0.259 e. The summed E-state index contributed by atoms with van der Waals surface area (Å²) in [5.41, 5.74) is 3.16. The van der Waals surface area contributed by atoms with Crippen molar-refractivity contribution in [3.05, 3.63) is 23.5 Å². The molecule has 0 saturated carbocycles. The molecule has 0 fully saturated rings. The molecule has 1 heterocycles. The van der Waals surface area contributed by atoms with Gasteiger partial charge in [-0.1, -0.05) is 20.3 Å². The number of aryl methyl sites for hydroxylation is 2. The van der Waals surface area contributed by atoms with Gasteiger partial charge in [0, 0.05) is 12.4 Å². The number of hydrogen-bond acceptors (Lipinski definition) is 2. The highest BCUT2D eigenvalue weighted by Gasteiger charge is 1.98. The summed E-state index contributed by atoms with van der Waals surface area (Å²) in [6.45, 7) is 8.49. The van der Waals surface area contributed by atoms with E-state index in [2.05, 4.69) is 29.9 Å². The SMILES string of the molecule is CCC(C)CC=Nc1cc(C)cnc1C. The first-order valence-electron chi connectivity index (χ1n) is 5.59. The minimum absolute atomic E-state index is 0.715. The van der Waals surface area contributed by atoms with E-state index >= 15 is 0 Å². The molecule has 0 saturated heterocycles. The third-order valence-electron chi connectivity index (χ3n) is 2.63. The molecule has 15 heavy (non-hydrogen) atoms. The van der Waals surface area contributed by atoms with Gasteiger partial charge in [-0.05, 0) is 37.8 Å². The molecule has 0 N–H and O–H groups in total. The standard InChI is InChI=1S/C13H20N2/c1-5-10(2)6-7-14-13-8-11(3)9-15-12(13)4/h7-10H,5-6H2,1-4H3. The molecule has 0 aliphatic carbocycles. The maximum atomic E-state index is 4.47. The molecule has 0 aromatic carbocycles. The summed E-state index contributed by atoms with van der Waals surface area (Å²) in [5.74, 6) is 0.715. The maximum Gasteiger partial charge on any atom is 0.0840 e. The van der Waals surface area contributed by atoms with E-state index in [1.54, 1.807) is 0 Å². The van der Waals surface area contributed by atoms with Gasteiger partial charge in [0.1, 0.15) is 0 Å². The molecule has 2 nitrogen and oxygen atoms in total. The number of aliphatic imine (C=N–C) groups is 1. The van der Waals surface area contributed by atoms with Crippen molar-refractivity contribution in [2.45, 2.75) is 40.5 Å². The predicted octanol–water partition coefficient (Wildman–Crippen LogP) is 3.84. The fourth-order valence-corrected chi connectivity index (χ4v) is 1.25. The summed E-state index contributed by atoms with van der Waals surface area (Å²) in [6.07, 6.45) is 6.14. The lowest BCUT2D eigenvalue weighted by Crippen LogP contribution is -1.92. The quantitative estimate of drug-likeness (QED) is 0.684. The molecule has 0 radical (unpaired) electrons. The van der Waals surface area contributed by atoms with Crippen molar-refractivity contribution in [2.75, 3.05) is 0 Å². The molecule has 1 rings (SSSR count). The van der Waals surface area contributed by atoms with Crippen LogP contribution in [0.2, 0.25) is 0 Å². The molecule has 82 valence electrons. The van der Waals surface area contributed by atoms with E-state index in [1.807, 2.05) is 26.3 Å². The zero-order chi connectivity index (χ0) is 11.3. The minimum Gasteiger partial charge on any atom is -0.259 e. The Kier molecular flexibility index (Phi) is 4.47. The molecule has 1 unspecified atom stereocenters. The molecule has 1 atom stereocenters. The second-order valence-electron chi connectivity index (χ2n) is 4.18. The van der Waals surface area contributed by atoms with Crippen LogP contribution >= 0.6 is 0 Å². The van der Waals surface area contributed by atoms with Crippen LogP contribution in [-0.4, -0.2) is 11.2 Å². The Morgan fingerprint density at radius 3 is 2.87 bits per heavy atom. The highest BCUT2D eigenvalue weighted by atomic mass is 14.8. The van der Waals surface area contributed by atoms with E-state index in [0.717, 1.165) is 23.4 Å². The first kappa shape index (κ1) is 11.9. The highest BCUT2D eigenvalue weighted by Crippen LogP contribution is 2.17. The molecule has 1 aromatic rings. The first-order valence-corrected chi connectivity index (χ1v) is 5.59. The fourth-order valence-electron chi connectivity index (χ4n) is 1.25. The Morgan fingerprint density at radius 1 is 1.47 bits per heavy atom. The van der Waals surface area contributed by atoms with Crippen molar-refractivity contribution >= 4 is 11.9 Å². The van der Waals surface area contributed by atoms with E-state index in [1.165, 1.54) is 6.42 Å². The summed E-state index contributed by atoms with van der Waals surface area (Å²) in [5, 5.41) is 0. The summed E-state index contributed by atoms with van der Waals surface area (Å²) in [7, 11) is 0. The van der Waals surface area contributed by atoms with Gasteiger partial charge in [0.15, 0.2) is 0 Å². The Bertz CT molecular complexity index is 342. The van der Waals surface area contributed by atoms with Crippen LogP contribution in [0.3, 0.4) is 0 Å². The second-order valence-corrected chi connectivity index (χ2v) is 4.18. The van der Waals surface area contributed by atoms with Crippen LogP contribution in [0.5, 0.6) is 0 Å². The summed E-state index contributed by atoms with van der Waals surface area (Å²) < 4.78 is 0. The van der Waals surface area contributed by atoms with Crippen LogP contribution in [0.15, 0.2) is 17.3 Å². The first-order chi connectivity index (χ1) is 7.13. The van der Waals surface area contributed by atoms with Crippen molar-refractivity contribution in [1.82, 2.24) is 4.98 Å². The lowest BCUT2D eigenvalue weighted by Gasteiger charge is -2.03. The zero-order valence-electron chi connectivity index (χ0n) is 10.1. The van der Waals surface area contributed by atoms with Gasteiger partial charge in [-0.25, -0.2) is 0 Å². The number of nitrogens with zero attached hydrogens (tertiary/aromatic N) is 2. The van der Waals surface area contributed by atoms with Crippen LogP contribution in [-0.2, 0) is 0 Å². The Morgan fingerprint density at radius 2 is 2.20 bits per heavy atom. The average Bonchev–Trinajstić information content (AvgIpc) is 2.23. The highest BCUT2D eigenvalue weighted by molar-refractivity contribution is 5.64. The van der Waals surface area contributed by atoms with Gasteiger partial charge in [-0.2, -0.15) is 0 Å². The summed E-state index contributed by atoms with van der Waals surface area (Å²) in [6, 6.07) is 2.08. The molecule has 0 aliphatic rings. The monoisotopic (exact) mass is 204 g/mol. The molecule has 0 amide bonds. The number of aromatic nitrogens is 1. The van der Waals surface area contributed by atoms with Crippen LogP contribution in [0.1, 0.15) is 37.9 Å². The van der Waals surface area contributed by atoms with Gasteiger partial charge < -0.3 is 0 Å². The van der Waals surface area contributed by atoms with Crippen molar-refractivity contribution in [2.24, 2.45) is 10.9 Å². The lowest BCUT2D eigenvalue weighted by atomic mass is 10.1. The van der Waals surface area contributed by atoms with Crippen molar-refractivity contribution in [3.63, 3.8) is 0 Å². The van der Waals surface area contributed by atoms with E-state index in [9.17, 15) is 0 Å². The third kappa shape index (κ3) is 3.82.